The monoisotopic (exact) mass is 463 g/mol. The van der Waals surface area contributed by atoms with Crippen molar-refractivity contribution in [1.29, 1.82) is 0 Å². The summed E-state index contributed by atoms with van der Waals surface area (Å²) < 4.78 is 0. The Morgan fingerprint density at radius 3 is 2.30 bits per heavy atom. The number of fused-ring (bicyclic) bond motifs is 1. The zero-order valence-electron chi connectivity index (χ0n) is 19.0. The molecule has 1 aliphatic rings. The van der Waals surface area contributed by atoms with E-state index in [9.17, 15) is 9.59 Å². The summed E-state index contributed by atoms with van der Waals surface area (Å²) in [4.78, 5) is 27.8. The van der Waals surface area contributed by atoms with Crippen molar-refractivity contribution in [2.45, 2.75) is 38.4 Å². The Kier molecular flexibility index (Phi) is 8.26. The average molecular weight is 464 g/mol. The first-order chi connectivity index (χ1) is 15.6. The first kappa shape index (κ1) is 24.5. The van der Waals surface area contributed by atoms with Gasteiger partial charge in [-0.05, 0) is 55.1 Å². The summed E-state index contributed by atoms with van der Waals surface area (Å²) in [5, 5.41) is 5.88. The molecule has 2 N–H and O–H groups in total. The highest BCUT2D eigenvalue weighted by Crippen LogP contribution is 2.29. The highest BCUT2D eigenvalue weighted by Gasteiger charge is 2.32. The Labute approximate surface area is 201 Å². The van der Waals surface area contributed by atoms with Crippen LogP contribution in [-0.4, -0.2) is 30.9 Å². The molecule has 4 rings (SSSR count). The molecule has 5 nitrogen and oxygen atoms in total. The molecule has 0 saturated heterocycles. The second-order valence-corrected chi connectivity index (χ2v) is 8.23. The zero-order chi connectivity index (χ0) is 22.5. The van der Waals surface area contributed by atoms with Crippen LogP contribution in [0.15, 0.2) is 78.9 Å². The molecule has 0 fully saturated rings. The summed E-state index contributed by atoms with van der Waals surface area (Å²) in [5.74, 6) is -0.234. The van der Waals surface area contributed by atoms with E-state index in [-0.39, 0.29) is 30.3 Å². The van der Waals surface area contributed by atoms with Crippen molar-refractivity contribution in [3.63, 3.8) is 0 Å². The third-order valence-electron chi connectivity index (χ3n) is 6.09. The first-order valence-corrected chi connectivity index (χ1v) is 11.1. The first-order valence-electron chi connectivity index (χ1n) is 11.1. The van der Waals surface area contributed by atoms with Gasteiger partial charge in [-0.15, -0.1) is 12.4 Å². The number of para-hydroxylation sites is 1. The van der Waals surface area contributed by atoms with E-state index < -0.39 is 6.04 Å². The molecule has 2 atom stereocenters. The fraction of sp³-hybridized carbons (Fsp3) is 0.259. The smallest absolute Gasteiger partial charge is 0.249 e. The molecule has 33 heavy (non-hydrogen) atoms. The van der Waals surface area contributed by atoms with Crippen molar-refractivity contribution in [3.05, 3.63) is 90.0 Å². The molecule has 1 aliphatic heterocycles. The Morgan fingerprint density at radius 2 is 1.61 bits per heavy atom. The fourth-order valence-corrected chi connectivity index (χ4v) is 4.06. The Morgan fingerprint density at radius 1 is 0.970 bits per heavy atom. The fourth-order valence-electron chi connectivity index (χ4n) is 4.06. The molecule has 1 heterocycles. The molecule has 2 unspecified atom stereocenters. The van der Waals surface area contributed by atoms with Crippen molar-refractivity contribution in [2.75, 3.05) is 11.9 Å². The molecule has 6 heteroatoms. The van der Waals surface area contributed by atoms with Gasteiger partial charge in [-0.2, -0.15) is 0 Å². The lowest BCUT2D eigenvalue weighted by molar-refractivity contribution is -0.128. The number of hydrogen-bond donors (Lipinski definition) is 2. The van der Waals surface area contributed by atoms with Crippen molar-refractivity contribution in [1.82, 2.24) is 10.6 Å². The maximum Gasteiger partial charge on any atom is 0.249 e. The number of likely N-dealkylation sites (N-methyl/N-ethyl adjacent to an activating group) is 1. The molecular formula is C27H30ClN3O2. The molecule has 0 bridgehead atoms. The summed E-state index contributed by atoms with van der Waals surface area (Å²) in [6.45, 7) is 2.25. The van der Waals surface area contributed by atoms with Crippen LogP contribution in [0.3, 0.4) is 0 Å². The minimum atomic E-state index is -0.547. The van der Waals surface area contributed by atoms with Crippen molar-refractivity contribution in [3.8, 4) is 11.1 Å². The number of hydrogen-bond acceptors (Lipinski definition) is 3. The lowest BCUT2D eigenvalue weighted by Crippen LogP contribution is -2.52. The zero-order valence-corrected chi connectivity index (χ0v) is 19.8. The molecule has 172 valence electrons. The van der Waals surface area contributed by atoms with Gasteiger partial charge in [-0.1, -0.05) is 72.8 Å². The number of carbonyl (C=O) groups excluding carboxylic acids is 2. The number of carbonyl (C=O) groups is 2. The molecule has 0 spiro atoms. The SMILES string of the molecule is CNC(C)C(=O)NC1CCc2ccccc2N(Cc2ccc(-c3ccccc3)cc2)C1=O.Cl. The van der Waals surface area contributed by atoms with Gasteiger partial charge >= 0.3 is 0 Å². The van der Waals surface area contributed by atoms with Crippen LogP contribution in [0.1, 0.15) is 24.5 Å². The van der Waals surface area contributed by atoms with E-state index in [1.807, 2.05) is 41.3 Å². The van der Waals surface area contributed by atoms with E-state index in [4.69, 9.17) is 0 Å². The summed E-state index contributed by atoms with van der Waals surface area (Å²) in [6, 6.07) is 25.7. The summed E-state index contributed by atoms with van der Waals surface area (Å²) in [5.41, 5.74) is 5.39. The lowest BCUT2D eigenvalue weighted by Gasteiger charge is -2.27. The van der Waals surface area contributed by atoms with Gasteiger partial charge in [0.05, 0.1) is 12.6 Å². The van der Waals surface area contributed by atoms with Crippen LogP contribution in [0.25, 0.3) is 11.1 Å². The Hall–Kier alpha value is -3.15. The quantitative estimate of drug-likeness (QED) is 0.571. The van der Waals surface area contributed by atoms with Crippen LogP contribution < -0.4 is 15.5 Å². The number of nitrogens with one attached hydrogen (secondary N) is 2. The molecule has 0 aromatic heterocycles. The van der Waals surface area contributed by atoms with Crippen LogP contribution in [0.4, 0.5) is 5.69 Å². The number of benzene rings is 3. The predicted octanol–water partition coefficient (Wildman–Crippen LogP) is 4.35. The molecular weight excluding hydrogens is 434 g/mol. The second-order valence-electron chi connectivity index (χ2n) is 8.23. The van der Waals surface area contributed by atoms with Crippen LogP contribution in [-0.2, 0) is 22.6 Å². The lowest BCUT2D eigenvalue weighted by atomic mass is 10.0. The van der Waals surface area contributed by atoms with Crippen LogP contribution in [0.2, 0.25) is 0 Å². The highest BCUT2D eigenvalue weighted by atomic mass is 35.5. The summed E-state index contributed by atoms with van der Waals surface area (Å²) >= 11 is 0. The van der Waals surface area contributed by atoms with E-state index in [2.05, 4.69) is 53.1 Å². The number of anilines is 1. The van der Waals surface area contributed by atoms with Crippen molar-refractivity contribution in [2.24, 2.45) is 0 Å². The van der Waals surface area contributed by atoms with Gasteiger partial charge in [0.15, 0.2) is 0 Å². The van der Waals surface area contributed by atoms with Gasteiger partial charge in [-0.25, -0.2) is 0 Å². The van der Waals surface area contributed by atoms with E-state index >= 15 is 0 Å². The summed E-state index contributed by atoms with van der Waals surface area (Å²) in [7, 11) is 1.74. The van der Waals surface area contributed by atoms with E-state index in [0.717, 1.165) is 34.4 Å². The summed E-state index contributed by atoms with van der Waals surface area (Å²) in [6.07, 6.45) is 1.33. The normalized spacial score (nSPS) is 16.2. The second kappa shape index (κ2) is 11.1. The molecule has 0 radical (unpaired) electrons. The third-order valence-corrected chi connectivity index (χ3v) is 6.09. The standard InChI is InChI=1S/C27H29N3O2.ClH/c1-19(28-2)26(31)29-24-17-16-23-10-6-7-11-25(23)30(27(24)32)18-20-12-14-22(15-13-20)21-8-4-3-5-9-21;/h3-15,19,24,28H,16-18H2,1-2H3,(H,29,31);1H. The third kappa shape index (κ3) is 5.62. The van der Waals surface area contributed by atoms with Crippen LogP contribution >= 0.6 is 12.4 Å². The van der Waals surface area contributed by atoms with E-state index in [1.165, 1.54) is 0 Å². The van der Waals surface area contributed by atoms with Gasteiger partial charge in [0.2, 0.25) is 11.8 Å². The topological polar surface area (TPSA) is 61.4 Å². The number of halogens is 1. The van der Waals surface area contributed by atoms with Gasteiger partial charge in [-0.3, -0.25) is 9.59 Å². The Balaban J connectivity index is 0.00000306. The predicted molar refractivity (Wildman–Crippen MR) is 136 cm³/mol. The van der Waals surface area contributed by atoms with Crippen LogP contribution in [0, 0.1) is 0 Å². The average Bonchev–Trinajstić information content (AvgIpc) is 2.97. The van der Waals surface area contributed by atoms with Gasteiger partial charge < -0.3 is 15.5 Å². The maximum atomic E-state index is 13.5. The molecule has 3 aromatic carbocycles. The van der Waals surface area contributed by atoms with Crippen LogP contribution in [0.5, 0.6) is 0 Å². The van der Waals surface area contributed by atoms with E-state index in [1.54, 1.807) is 14.0 Å². The number of nitrogens with zero attached hydrogens (tertiary/aromatic N) is 1. The highest BCUT2D eigenvalue weighted by molar-refractivity contribution is 6.00. The molecule has 0 saturated carbocycles. The number of amides is 2. The number of rotatable bonds is 6. The minimum absolute atomic E-state index is 0. The molecule has 2 amide bonds. The van der Waals surface area contributed by atoms with Gasteiger partial charge in [0, 0.05) is 5.69 Å². The minimum Gasteiger partial charge on any atom is -0.343 e. The van der Waals surface area contributed by atoms with Gasteiger partial charge in [0.25, 0.3) is 0 Å². The maximum absolute atomic E-state index is 13.5. The number of aryl methyl sites for hydroxylation is 1. The van der Waals surface area contributed by atoms with E-state index in [0.29, 0.717) is 13.0 Å². The van der Waals surface area contributed by atoms with Crippen molar-refractivity contribution >= 4 is 29.9 Å². The van der Waals surface area contributed by atoms with Crippen molar-refractivity contribution < 1.29 is 9.59 Å². The van der Waals surface area contributed by atoms with Gasteiger partial charge in [0.1, 0.15) is 6.04 Å². The Bertz CT molecular complexity index is 1090. The molecule has 0 aliphatic carbocycles. The molecule has 3 aromatic rings. The largest absolute Gasteiger partial charge is 0.343 e.